The lowest BCUT2D eigenvalue weighted by atomic mass is 9.77. The molecule has 0 aliphatic carbocycles. The van der Waals surface area contributed by atoms with Crippen molar-refractivity contribution < 1.29 is 23.4 Å². The molecule has 0 aromatic heterocycles. The first-order valence-corrected chi connectivity index (χ1v) is 9.94. The van der Waals surface area contributed by atoms with Crippen LogP contribution in [0.25, 0.3) is 0 Å². The van der Waals surface area contributed by atoms with Crippen LogP contribution in [0.15, 0.2) is 18.2 Å². The highest BCUT2D eigenvalue weighted by Gasteiger charge is 2.50. The van der Waals surface area contributed by atoms with E-state index < -0.39 is 33.2 Å². The van der Waals surface area contributed by atoms with Gasteiger partial charge in [-0.05, 0) is 38.2 Å². The molecule has 1 saturated heterocycles. The van der Waals surface area contributed by atoms with Gasteiger partial charge in [0.1, 0.15) is 5.60 Å². The fourth-order valence-corrected chi connectivity index (χ4v) is 4.84. The highest BCUT2D eigenvalue weighted by atomic mass is 127. The van der Waals surface area contributed by atoms with Gasteiger partial charge in [0.15, 0.2) is 11.6 Å². The first-order valence-electron chi connectivity index (χ1n) is 8.70. The quantitative estimate of drug-likeness (QED) is 0.356. The number of methoxy groups -OCH3 is 1. The lowest BCUT2D eigenvalue weighted by Gasteiger charge is -2.47. The monoisotopic (exact) mass is 482 g/mol. The number of carbonyl (C=O) groups excluding carboxylic acids is 1. The summed E-state index contributed by atoms with van der Waals surface area (Å²) in [6.07, 6.45) is 3.17. The van der Waals surface area contributed by atoms with Gasteiger partial charge in [-0.3, -0.25) is 0 Å². The Labute approximate surface area is 166 Å². The standard InChI is InChI=1S/C18H25F2IN2O3/c1-26-11-5-8-14(21)18(25,12-6-4-7-13(19)16(12)20)15-9-2-3-10-23(15)17(22)24/h4,6-7,14-15,25H,2-3,5,8-11H2,1H3,(H2,22,24)/t14?,15?,18-/m1/s1. The van der Waals surface area contributed by atoms with Crippen molar-refractivity contribution in [2.75, 3.05) is 20.3 Å². The van der Waals surface area contributed by atoms with Crippen LogP contribution in [0.3, 0.4) is 0 Å². The number of urea groups is 1. The molecule has 0 radical (unpaired) electrons. The van der Waals surface area contributed by atoms with Gasteiger partial charge in [-0.1, -0.05) is 34.7 Å². The molecule has 146 valence electrons. The number of nitrogens with zero attached hydrogens (tertiary/aromatic N) is 1. The third-order valence-electron chi connectivity index (χ3n) is 4.96. The Bertz CT molecular complexity index is 634. The maximum Gasteiger partial charge on any atom is 0.315 e. The first kappa shape index (κ1) is 21.3. The third-order valence-corrected chi connectivity index (χ3v) is 6.53. The molecule has 3 atom stereocenters. The Morgan fingerprint density at radius 1 is 1.50 bits per heavy atom. The van der Waals surface area contributed by atoms with Crippen molar-refractivity contribution in [3.8, 4) is 0 Å². The lowest BCUT2D eigenvalue weighted by Crippen LogP contribution is -2.60. The van der Waals surface area contributed by atoms with E-state index in [1.165, 1.54) is 17.0 Å². The fraction of sp³-hybridized carbons (Fsp3) is 0.611. The maximum absolute atomic E-state index is 14.6. The predicted molar refractivity (Wildman–Crippen MR) is 103 cm³/mol. The van der Waals surface area contributed by atoms with E-state index in [1.54, 1.807) is 7.11 Å². The number of hydrogen-bond donors (Lipinski definition) is 2. The smallest absolute Gasteiger partial charge is 0.315 e. The van der Waals surface area contributed by atoms with E-state index in [9.17, 15) is 18.7 Å². The van der Waals surface area contributed by atoms with Crippen molar-refractivity contribution in [2.45, 2.75) is 47.7 Å². The predicted octanol–water partition coefficient (Wildman–Crippen LogP) is 3.32. The molecule has 0 spiro atoms. The maximum atomic E-state index is 14.6. The molecule has 2 unspecified atom stereocenters. The zero-order chi connectivity index (χ0) is 19.3. The molecule has 0 bridgehead atoms. The number of halogens is 3. The molecule has 3 N–H and O–H groups in total. The van der Waals surface area contributed by atoms with Gasteiger partial charge in [-0.15, -0.1) is 0 Å². The summed E-state index contributed by atoms with van der Waals surface area (Å²) < 4.78 is 33.1. The van der Waals surface area contributed by atoms with E-state index in [1.807, 2.05) is 0 Å². The molecule has 8 heteroatoms. The van der Waals surface area contributed by atoms with E-state index in [4.69, 9.17) is 10.5 Å². The molecule has 1 aliphatic rings. The number of amides is 2. The minimum Gasteiger partial charge on any atom is -0.385 e. The Balaban J connectivity index is 2.49. The summed E-state index contributed by atoms with van der Waals surface area (Å²) in [5.41, 5.74) is 3.62. The van der Waals surface area contributed by atoms with Gasteiger partial charge < -0.3 is 20.5 Å². The van der Waals surface area contributed by atoms with Crippen molar-refractivity contribution in [1.82, 2.24) is 4.90 Å². The average Bonchev–Trinajstić information content (AvgIpc) is 2.63. The van der Waals surface area contributed by atoms with E-state index in [2.05, 4.69) is 22.6 Å². The number of aliphatic hydroxyl groups is 1. The topological polar surface area (TPSA) is 75.8 Å². The number of carbonyl (C=O) groups is 1. The Morgan fingerprint density at radius 3 is 2.88 bits per heavy atom. The van der Waals surface area contributed by atoms with Crippen LogP contribution >= 0.6 is 22.6 Å². The molecule has 0 saturated carbocycles. The zero-order valence-corrected chi connectivity index (χ0v) is 16.9. The van der Waals surface area contributed by atoms with Crippen LogP contribution in [0.5, 0.6) is 0 Å². The summed E-state index contributed by atoms with van der Waals surface area (Å²) in [5, 5.41) is 11.7. The van der Waals surface area contributed by atoms with Crippen molar-refractivity contribution in [2.24, 2.45) is 5.73 Å². The largest absolute Gasteiger partial charge is 0.385 e. The molecule has 5 nitrogen and oxygen atoms in total. The number of hydrogen-bond acceptors (Lipinski definition) is 3. The molecular formula is C18H25F2IN2O3. The number of primary amides is 1. The second kappa shape index (κ2) is 9.27. The second-order valence-electron chi connectivity index (χ2n) is 6.57. The molecule has 1 aromatic rings. The van der Waals surface area contributed by atoms with E-state index in [-0.39, 0.29) is 5.56 Å². The van der Waals surface area contributed by atoms with E-state index in [0.29, 0.717) is 32.4 Å². The number of ether oxygens (including phenoxy) is 1. The van der Waals surface area contributed by atoms with Gasteiger partial charge in [-0.25, -0.2) is 13.6 Å². The van der Waals surface area contributed by atoms with Crippen LogP contribution in [0.1, 0.15) is 37.7 Å². The van der Waals surface area contributed by atoms with Crippen LogP contribution in [-0.2, 0) is 10.3 Å². The minimum atomic E-state index is -1.75. The molecule has 2 amide bonds. The molecular weight excluding hydrogens is 457 g/mol. The number of rotatable bonds is 7. The Kier molecular flexibility index (Phi) is 7.60. The molecule has 2 rings (SSSR count). The molecule has 1 aliphatic heterocycles. The summed E-state index contributed by atoms with van der Waals surface area (Å²) in [4.78, 5) is 13.3. The first-order chi connectivity index (χ1) is 12.3. The van der Waals surface area contributed by atoms with Crippen molar-refractivity contribution in [3.63, 3.8) is 0 Å². The van der Waals surface area contributed by atoms with Crippen LogP contribution in [0, 0.1) is 11.6 Å². The lowest BCUT2D eigenvalue weighted by molar-refractivity contribution is -0.0545. The molecule has 1 fully saturated rings. The van der Waals surface area contributed by atoms with Crippen LogP contribution in [-0.4, -0.2) is 46.3 Å². The molecule has 1 heterocycles. The second-order valence-corrected chi connectivity index (χ2v) is 8.08. The van der Waals surface area contributed by atoms with Crippen molar-refractivity contribution >= 4 is 28.6 Å². The van der Waals surface area contributed by atoms with Crippen LogP contribution in [0.4, 0.5) is 13.6 Å². The fourth-order valence-electron chi connectivity index (χ4n) is 3.65. The van der Waals surface area contributed by atoms with Gasteiger partial charge >= 0.3 is 6.03 Å². The van der Waals surface area contributed by atoms with Gasteiger partial charge in [0.25, 0.3) is 0 Å². The highest BCUT2D eigenvalue weighted by molar-refractivity contribution is 14.1. The summed E-state index contributed by atoms with van der Waals surface area (Å²) in [6.45, 7) is 0.881. The summed E-state index contributed by atoms with van der Waals surface area (Å²) in [7, 11) is 1.58. The minimum absolute atomic E-state index is 0.132. The number of benzene rings is 1. The zero-order valence-electron chi connectivity index (χ0n) is 14.8. The Morgan fingerprint density at radius 2 is 2.23 bits per heavy atom. The van der Waals surface area contributed by atoms with Crippen LogP contribution < -0.4 is 5.73 Å². The summed E-state index contributed by atoms with van der Waals surface area (Å²) in [6, 6.07) is 2.39. The van der Waals surface area contributed by atoms with Crippen LogP contribution in [0.2, 0.25) is 0 Å². The SMILES string of the molecule is COCCCC(I)[C@](O)(c1cccc(F)c1F)C1CCCCN1C(N)=O. The van der Waals surface area contributed by atoms with Gasteiger partial charge in [-0.2, -0.15) is 0 Å². The summed E-state index contributed by atoms with van der Waals surface area (Å²) >= 11 is 2.05. The normalized spacial score (nSPS) is 21.3. The van der Waals surface area contributed by atoms with Crippen molar-refractivity contribution in [3.05, 3.63) is 35.4 Å². The third kappa shape index (κ3) is 4.28. The number of nitrogens with two attached hydrogens (primary N) is 1. The molecule has 1 aromatic carbocycles. The van der Waals surface area contributed by atoms with E-state index in [0.717, 1.165) is 18.9 Å². The number of piperidine rings is 1. The average molecular weight is 482 g/mol. The van der Waals surface area contributed by atoms with Gasteiger partial charge in [0.05, 0.1) is 6.04 Å². The van der Waals surface area contributed by atoms with Gasteiger partial charge in [0.2, 0.25) is 0 Å². The van der Waals surface area contributed by atoms with Crippen molar-refractivity contribution in [1.29, 1.82) is 0 Å². The summed E-state index contributed by atoms with van der Waals surface area (Å²) in [5.74, 6) is -2.11. The highest BCUT2D eigenvalue weighted by Crippen LogP contribution is 2.43. The van der Waals surface area contributed by atoms with E-state index >= 15 is 0 Å². The number of alkyl halides is 1. The number of likely N-dealkylation sites (tertiary alicyclic amines) is 1. The molecule has 26 heavy (non-hydrogen) atoms. The Hall–Kier alpha value is -1.00. The van der Waals surface area contributed by atoms with Gasteiger partial charge in [0, 0.05) is 29.7 Å².